The van der Waals surface area contributed by atoms with E-state index in [1.165, 1.54) is 16.4 Å². The van der Waals surface area contributed by atoms with Crippen LogP contribution in [-0.4, -0.2) is 31.9 Å². The molecular weight excluding hydrogens is 243 g/mol. The maximum atomic E-state index is 13.1. The Morgan fingerprint density at radius 1 is 1.47 bits per heavy atom. The maximum Gasteiger partial charge on any atom is 0.243 e. The van der Waals surface area contributed by atoms with Gasteiger partial charge in [0.15, 0.2) is 0 Å². The summed E-state index contributed by atoms with van der Waals surface area (Å²) in [5, 5.41) is 0. The molecule has 0 aromatic heterocycles. The highest BCUT2D eigenvalue weighted by Gasteiger charge is 2.31. The number of rotatable bonds is 2. The van der Waals surface area contributed by atoms with Crippen molar-refractivity contribution in [3.8, 4) is 0 Å². The number of nitrogens with zero attached hydrogens (tertiary/aromatic N) is 1. The van der Waals surface area contributed by atoms with Gasteiger partial charge in [0.2, 0.25) is 10.0 Å². The minimum atomic E-state index is -3.61. The average molecular weight is 258 g/mol. The van der Waals surface area contributed by atoms with E-state index >= 15 is 0 Å². The molecule has 2 N–H and O–H groups in total. The smallest absolute Gasteiger partial charge is 0.243 e. The average Bonchev–Trinajstić information content (AvgIpc) is 2.69. The molecule has 1 saturated heterocycles. The van der Waals surface area contributed by atoms with Crippen molar-refractivity contribution < 1.29 is 12.8 Å². The van der Waals surface area contributed by atoms with Crippen LogP contribution in [0.15, 0.2) is 23.1 Å². The predicted molar refractivity (Wildman–Crippen MR) is 62.5 cm³/mol. The van der Waals surface area contributed by atoms with Crippen molar-refractivity contribution in [1.82, 2.24) is 4.31 Å². The first kappa shape index (κ1) is 12.5. The Kier molecular flexibility index (Phi) is 3.20. The Bertz CT molecular complexity index is 530. The molecule has 17 heavy (non-hydrogen) atoms. The van der Waals surface area contributed by atoms with E-state index in [1.54, 1.807) is 6.92 Å². The normalized spacial score (nSPS) is 21.9. The van der Waals surface area contributed by atoms with Crippen LogP contribution in [0, 0.1) is 12.7 Å². The molecule has 1 atom stereocenters. The number of benzene rings is 1. The fourth-order valence-corrected chi connectivity index (χ4v) is 3.71. The van der Waals surface area contributed by atoms with Crippen molar-refractivity contribution in [2.45, 2.75) is 24.3 Å². The van der Waals surface area contributed by atoms with Crippen LogP contribution in [0.2, 0.25) is 0 Å². The fourth-order valence-electron chi connectivity index (χ4n) is 1.96. The molecule has 4 nitrogen and oxygen atoms in total. The Balaban J connectivity index is 2.41. The van der Waals surface area contributed by atoms with Gasteiger partial charge in [0, 0.05) is 19.1 Å². The van der Waals surface area contributed by atoms with Gasteiger partial charge in [0.05, 0.1) is 4.90 Å². The van der Waals surface area contributed by atoms with E-state index in [-0.39, 0.29) is 10.9 Å². The number of aryl methyl sites for hydroxylation is 1. The molecule has 6 heteroatoms. The van der Waals surface area contributed by atoms with Gasteiger partial charge < -0.3 is 5.73 Å². The van der Waals surface area contributed by atoms with Gasteiger partial charge in [-0.25, -0.2) is 12.8 Å². The van der Waals surface area contributed by atoms with Crippen LogP contribution in [0.4, 0.5) is 4.39 Å². The van der Waals surface area contributed by atoms with Crippen molar-refractivity contribution in [3.63, 3.8) is 0 Å². The summed E-state index contributed by atoms with van der Waals surface area (Å²) in [4.78, 5) is 0.0339. The van der Waals surface area contributed by atoms with Crippen molar-refractivity contribution in [1.29, 1.82) is 0 Å². The van der Waals surface area contributed by atoms with Gasteiger partial charge in [-0.3, -0.25) is 0 Å². The predicted octanol–water partition coefficient (Wildman–Crippen LogP) is 0.856. The van der Waals surface area contributed by atoms with Gasteiger partial charge in [-0.15, -0.1) is 0 Å². The molecule has 1 fully saturated rings. The summed E-state index contributed by atoms with van der Waals surface area (Å²) in [7, 11) is -3.61. The number of nitrogens with two attached hydrogens (primary N) is 1. The van der Waals surface area contributed by atoms with E-state index in [9.17, 15) is 12.8 Å². The van der Waals surface area contributed by atoms with Crippen LogP contribution in [-0.2, 0) is 10.0 Å². The van der Waals surface area contributed by atoms with Crippen LogP contribution < -0.4 is 5.73 Å². The fraction of sp³-hybridized carbons (Fsp3) is 0.455. The molecule has 94 valence electrons. The quantitative estimate of drug-likeness (QED) is 0.855. The lowest BCUT2D eigenvalue weighted by Gasteiger charge is -2.17. The number of hydrogen-bond acceptors (Lipinski definition) is 3. The van der Waals surface area contributed by atoms with E-state index in [2.05, 4.69) is 0 Å². The second-order valence-corrected chi connectivity index (χ2v) is 6.23. The molecule has 2 rings (SSSR count). The largest absolute Gasteiger partial charge is 0.326 e. The standard InChI is InChI=1S/C11H15FN2O2S/c1-8-2-3-9(12)6-11(8)17(15,16)14-5-4-10(13)7-14/h2-3,6,10H,4-5,7,13H2,1H3/t10-/m1/s1. The molecule has 0 unspecified atom stereocenters. The molecule has 1 aromatic carbocycles. The third-order valence-electron chi connectivity index (χ3n) is 2.96. The minimum Gasteiger partial charge on any atom is -0.326 e. The number of hydrogen-bond donors (Lipinski definition) is 1. The van der Waals surface area contributed by atoms with Crippen LogP contribution in [0.3, 0.4) is 0 Å². The summed E-state index contributed by atoms with van der Waals surface area (Å²) in [6.07, 6.45) is 0.646. The Morgan fingerprint density at radius 3 is 2.76 bits per heavy atom. The van der Waals surface area contributed by atoms with Gasteiger partial charge >= 0.3 is 0 Å². The Morgan fingerprint density at radius 2 is 2.18 bits per heavy atom. The van der Waals surface area contributed by atoms with Crippen molar-refractivity contribution in [2.24, 2.45) is 5.73 Å². The molecule has 1 aliphatic heterocycles. The van der Waals surface area contributed by atoms with Crippen molar-refractivity contribution >= 4 is 10.0 Å². The molecule has 1 aliphatic rings. The zero-order valence-electron chi connectivity index (χ0n) is 9.56. The first-order valence-electron chi connectivity index (χ1n) is 5.43. The maximum absolute atomic E-state index is 13.1. The molecule has 1 heterocycles. The lowest BCUT2D eigenvalue weighted by atomic mass is 10.2. The van der Waals surface area contributed by atoms with E-state index in [4.69, 9.17) is 5.73 Å². The van der Waals surface area contributed by atoms with Gasteiger partial charge in [0.1, 0.15) is 5.82 Å². The molecule has 0 bridgehead atoms. The van der Waals surface area contributed by atoms with E-state index in [0.717, 1.165) is 6.07 Å². The third-order valence-corrected chi connectivity index (χ3v) is 4.96. The zero-order chi connectivity index (χ0) is 12.6. The van der Waals surface area contributed by atoms with E-state index < -0.39 is 15.8 Å². The Hall–Kier alpha value is -0.980. The summed E-state index contributed by atoms with van der Waals surface area (Å²) in [5.74, 6) is -0.544. The molecule has 0 saturated carbocycles. The lowest BCUT2D eigenvalue weighted by Crippen LogP contribution is -2.32. The molecule has 1 aromatic rings. The third kappa shape index (κ3) is 2.34. The molecule has 0 spiro atoms. The second kappa shape index (κ2) is 4.36. The van der Waals surface area contributed by atoms with Gasteiger partial charge in [-0.05, 0) is 31.0 Å². The monoisotopic (exact) mass is 258 g/mol. The van der Waals surface area contributed by atoms with Gasteiger partial charge in [0.25, 0.3) is 0 Å². The van der Waals surface area contributed by atoms with E-state index in [1.807, 2.05) is 0 Å². The van der Waals surface area contributed by atoms with Crippen LogP contribution in [0.25, 0.3) is 0 Å². The highest BCUT2D eigenvalue weighted by molar-refractivity contribution is 7.89. The molecular formula is C11H15FN2O2S. The zero-order valence-corrected chi connectivity index (χ0v) is 10.4. The number of halogens is 1. The van der Waals surface area contributed by atoms with Crippen molar-refractivity contribution in [3.05, 3.63) is 29.6 Å². The highest BCUT2D eigenvalue weighted by Crippen LogP contribution is 2.23. The molecule has 0 radical (unpaired) electrons. The van der Waals surface area contributed by atoms with E-state index in [0.29, 0.717) is 25.1 Å². The van der Waals surface area contributed by atoms with Gasteiger partial charge in [-0.2, -0.15) is 4.31 Å². The summed E-state index contributed by atoms with van der Waals surface area (Å²) >= 11 is 0. The lowest BCUT2D eigenvalue weighted by molar-refractivity contribution is 0.471. The van der Waals surface area contributed by atoms with Gasteiger partial charge in [-0.1, -0.05) is 6.07 Å². The first-order valence-corrected chi connectivity index (χ1v) is 6.87. The number of sulfonamides is 1. The summed E-state index contributed by atoms with van der Waals surface area (Å²) in [6.45, 7) is 2.36. The second-order valence-electron chi connectivity index (χ2n) is 4.32. The summed E-state index contributed by atoms with van der Waals surface area (Å²) < 4.78 is 39.0. The molecule has 0 aliphatic carbocycles. The summed E-state index contributed by atoms with van der Waals surface area (Å²) in [5.41, 5.74) is 6.24. The van der Waals surface area contributed by atoms with Crippen molar-refractivity contribution in [2.75, 3.05) is 13.1 Å². The summed E-state index contributed by atoms with van der Waals surface area (Å²) in [6, 6.07) is 3.66. The Labute approximate surface area is 100 Å². The topological polar surface area (TPSA) is 63.4 Å². The molecule has 0 amide bonds. The van der Waals surface area contributed by atoms with Crippen LogP contribution in [0.1, 0.15) is 12.0 Å². The first-order chi connectivity index (χ1) is 7.91. The van der Waals surface area contributed by atoms with Crippen LogP contribution >= 0.6 is 0 Å². The highest BCUT2D eigenvalue weighted by atomic mass is 32.2. The SMILES string of the molecule is Cc1ccc(F)cc1S(=O)(=O)N1CC[C@@H](N)C1. The van der Waals surface area contributed by atoms with Crippen LogP contribution in [0.5, 0.6) is 0 Å². The minimum absolute atomic E-state index is 0.0339.